The number of nitrogens with one attached hydrogen (secondary N) is 2. The number of halogens is 3. The van der Waals surface area contributed by atoms with Crippen LogP contribution in [0.1, 0.15) is 32.0 Å². The summed E-state index contributed by atoms with van der Waals surface area (Å²) >= 11 is 1.74. The van der Waals surface area contributed by atoms with Crippen molar-refractivity contribution in [2.24, 2.45) is 0 Å². The highest BCUT2D eigenvalue weighted by Crippen LogP contribution is 2.32. The molecule has 21 heavy (non-hydrogen) atoms. The van der Waals surface area contributed by atoms with Crippen LogP contribution in [0.5, 0.6) is 0 Å². The molecule has 0 spiro atoms. The molecule has 0 saturated heterocycles. The lowest BCUT2D eigenvalue weighted by Gasteiger charge is -2.20. The number of hydrogen-bond donors (Lipinski definition) is 2. The Kier molecular flexibility index (Phi) is 5.18. The molecule has 1 aliphatic rings. The first-order valence-corrected chi connectivity index (χ1v) is 8.22. The molecule has 0 aromatic carbocycles. The van der Waals surface area contributed by atoms with Gasteiger partial charge in [-0.2, -0.15) is 24.9 Å². The van der Waals surface area contributed by atoms with Crippen molar-refractivity contribution >= 4 is 23.4 Å². The quantitative estimate of drug-likeness (QED) is 0.868. The van der Waals surface area contributed by atoms with E-state index in [9.17, 15) is 13.2 Å². The molecule has 0 bridgehead atoms. The maximum absolute atomic E-state index is 12.9. The molecule has 1 aromatic heterocycles. The molecule has 1 aromatic rings. The minimum Gasteiger partial charge on any atom is -0.370 e. The molecule has 1 fully saturated rings. The largest absolute Gasteiger partial charge is 0.451 e. The molecule has 2 atom stereocenters. The van der Waals surface area contributed by atoms with Gasteiger partial charge >= 0.3 is 6.18 Å². The van der Waals surface area contributed by atoms with E-state index in [-0.39, 0.29) is 17.7 Å². The lowest BCUT2D eigenvalue weighted by Crippen LogP contribution is -2.27. The molecule has 0 aliphatic heterocycles. The number of rotatable bonds is 5. The molecular formula is C13H19F3N4S. The van der Waals surface area contributed by atoms with Crippen molar-refractivity contribution in [1.29, 1.82) is 0 Å². The Bertz CT molecular complexity index is 481. The Labute approximate surface area is 126 Å². The van der Waals surface area contributed by atoms with Crippen LogP contribution in [-0.4, -0.2) is 34.1 Å². The van der Waals surface area contributed by atoms with Gasteiger partial charge in [-0.15, -0.1) is 0 Å². The normalized spacial score (nSPS) is 22.3. The summed E-state index contributed by atoms with van der Waals surface area (Å²) in [4.78, 5) is 7.14. The second kappa shape index (κ2) is 6.72. The van der Waals surface area contributed by atoms with E-state index < -0.39 is 12.0 Å². The summed E-state index contributed by atoms with van der Waals surface area (Å²) in [5, 5.41) is 6.37. The van der Waals surface area contributed by atoms with E-state index in [1.807, 2.05) is 13.2 Å². The number of alkyl halides is 3. The van der Waals surface area contributed by atoms with E-state index in [4.69, 9.17) is 0 Å². The van der Waals surface area contributed by atoms with Crippen LogP contribution in [0.3, 0.4) is 0 Å². The summed E-state index contributed by atoms with van der Waals surface area (Å²) in [6.45, 7) is 2.31. The van der Waals surface area contributed by atoms with Gasteiger partial charge in [-0.1, -0.05) is 6.42 Å². The fraction of sp³-hybridized carbons (Fsp3) is 0.692. The molecule has 2 N–H and O–H groups in total. The SMILES string of the molecule is CCNc1cc(NC2CCCC2SC)nc(C(F)(F)F)n1. The fourth-order valence-corrected chi connectivity index (χ4v) is 3.42. The van der Waals surface area contributed by atoms with Crippen LogP contribution in [0.25, 0.3) is 0 Å². The third-order valence-corrected chi connectivity index (χ3v) is 4.60. The van der Waals surface area contributed by atoms with Gasteiger partial charge in [0.1, 0.15) is 11.6 Å². The Hall–Kier alpha value is -1.18. The van der Waals surface area contributed by atoms with Crippen molar-refractivity contribution in [3.8, 4) is 0 Å². The van der Waals surface area contributed by atoms with Gasteiger partial charge in [-0.25, -0.2) is 9.97 Å². The van der Waals surface area contributed by atoms with Crippen molar-refractivity contribution < 1.29 is 13.2 Å². The first kappa shape index (κ1) is 16.2. The maximum Gasteiger partial charge on any atom is 0.451 e. The van der Waals surface area contributed by atoms with Gasteiger partial charge in [0.2, 0.25) is 5.82 Å². The first-order chi connectivity index (χ1) is 9.94. The standard InChI is InChI=1S/C13H19F3N4S/c1-3-17-10-7-11(20-12(19-10)13(14,15)16)18-8-5-4-6-9(8)21-2/h7-9H,3-6H2,1-2H3,(H2,17,18,19,20). The second-order valence-corrected chi connectivity index (χ2v) is 6.02. The lowest BCUT2D eigenvalue weighted by molar-refractivity contribution is -0.144. The predicted molar refractivity (Wildman–Crippen MR) is 79.8 cm³/mol. The molecule has 8 heteroatoms. The predicted octanol–water partition coefficient (Wildman–Crippen LogP) is 3.62. The smallest absolute Gasteiger partial charge is 0.370 e. The summed E-state index contributed by atoms with van der Waals surface area (Å²) < 4.78 is 38.6. The molecule has 2 rings (SSSR count). The highest BCUT2D eigenvalue weighted by atomic mass is 32.2. The summed E-state index contributed by atoms with van der Waals surface area (Å²) in [5.41, 5.74) is 0. The Morgan fingerprint density at radius 1 is 1.29 bits per heavy atom. The Morgan fingerprint density at radius 2 is 2.00 bits per heavy atom. The molecule has 1 saturated carbocycles. The van der Waals surface area contributed by atoms with Crippen LogP contribution in [-0.2, 0) is 6.18 Å². The van der Waals surface area contributed by atoms with E-state index >= 15 is 0 Å². The summed E-state index contributed by atoms with van der Waals surface area (Å²) in [6, 6.07) is 1.69. The molecule has 1 aliphatic carbocycles. The van der Waals surface area contributed by atoms with Crippen molar-refractivity contribution in [3.63, 3.8) is 0 Å². The molecule has 1 heterocycles. The molecule has 118 valence electrons. The van der Waals surface area contributed by atoms with Crippen LogP contribution >= 0.6 is 11.8 Å². The van der Waals surface area contributed by atoms with Gasteiger partial charge in [-0.3, -0.25) is 0 Å². The highest BCUT2D eigenvalue weighted by Gasteiger charge is 2.36. The topological polar surface area (TPSA) is 49.8 Å². The van der Waals surface area contributed by atoms with Crippen LogP contribution in [0, 0.1) is 0 Å². The average molecular weight is 320 g/mol. The number of aromatic nitrogens is 2. The van der Waals surface area contributed by atoms with E-state index in [1.54, 1.807) is 11.8 Å². The minimum absolute atomic E-state index is 0.158. The maximum atomic E-state index is 12.9. The van der Waals surface area contributed by atoms with Crippen LogP contribution in [0.4, 0.5) is 24.8 Å². The van der Waals surface area contributed by atoms with Gasteiger partial charge in [0.15, 0.2) is 0 Å². The van der Waals surface area contributed by atoms with Crippen molar-refractivity contribution in [2.75, 3.05) is 23.4 Å². The van der Waals surface area contributed by atoms with Crippen molar-refractivity contribution in [3.05, 3.63) is 11.9 Å². The fourth-order valence-electron chi connectivity index (χ4n) is 2.48. The van der Waals surface area contributed by atoms with Gasteiger partial charge in [0.25, 0.3) is 0 Å². The zero-order valence-electron chi connectivity index (χ0n) is 12.0. The van der Waals surface area contributed by atoms with Crippen LogP contribution in [0.15, 0.2) is 6.07 Å². The first-order valence-electron chi connectivity index (χ1n) is 6.93. The number of anilines is 2. The summed E-state index contributed by atoms with van der Waals surface area (Å²) in [7, 11) is 0. The van der Waals surface area contributed by atoms with Gasteiger partial charge in [0.05, 0.1) is 0 Å². The highest BCUT2D eigenvalue weighted by molar-refractivity contribution is 7.99. The summed E-state index contributed by atoms with van der Waals surface area (Å²) in [6.07, 6.45) is 0.594. The third-order valence-electron chi connectivity index (χ3n) is 3.43. The minimum atomic E-state index is -4.55. The van der Waals surface area contributed by atoms with E-state index in [1.165, 1.54) is 6.07 Å². The van der Waals surface area contributed by atoms with Crippen LogP contribution in [0.2, 0.25) is 0 Å². The van der Waals surface area contributed by atoms with Crippen molar-refractivity contribution in [1.82, 2.24) is 9.97 Å². The number of nitrogens with zero attached hydrogens (tertiary/aromatic N) is 2. The zero-order chi connectivity index (χ0) is 15.5. The van der Waals surface area contributed by atoms with Gasteiger partial charge < -0.3 is 10.6 Å². The Morgan fingerprint density at radius 3 is 2.62 bits per heavy atom. The van der Waals surface area contributed by atoms with E-state index in [0.717, 1.165) is 19.3 Å². The number of thioether (sulfide) groups is 1. The number of hydrogen-bond acceptors (Lipinski definition) is 5. The van der Waals surface area contributed by atoms with Crippen molar-refractivity contribution in [2.45, 2.75) is 43.7 Å². The van der Waals surface area contributed by atoms with Crippen LogP contribution < -0.4 is 10.6 Å². The molecule has 0 amide bonds. The molecule has 2 unspecified atom stereocenters. The second-order valence-electron chi connectivity index (χ2n) is 4.95. The molecule has 4 nitrogen and oxygen atoms in total. The molecular weight excluding hydrogens is 301 g/mol. The Balaban J connectivity index is 2.23. The van der Waals surface area contributed by atoms with E-state index in [0.29, 0.717) is 11.8 Å². The zero-order valence-corrected chi connectivity index (χ0v) is 12.8. The average Bonchev–Trinajstić information content (AvgIpc) is 2.85. The summed E-state index contributed by atoms with van der Waals surface area (Å²) in [5.74, 6) is -0.678. The molecule has 0 radical (unpaired) electrons. The van der Waals surface area contributed by atoms with Gasteiger partial charge in [-0.05, 0) is 26.0 Å². The third kappa shape index (κ3) is 4.15. The lowest BCUT2D eigenvalue weighted by atomic mass is 10.2. The monoisotopic (exact) mass is 320 g/mol. The van der Waals surface area contributed by atoms with Gasteiger partial charge in [0, 0.05) is 23.9 Å². The van der Waals surface area contributed by atoms with E-state index in [2.05, 4.69) is 20.6 Å².